The maximum absolute atomic E-state index is 14.5. The summed E-state index contributed by atoms with van der Waals surface area (Å²) in [5.74, 6) is -0.255. The van der Waals surface area contributed by atoms with Crippen molar-refractivity contribution >= 4 is 39.1 Å². The van der Waals surface area contributed by atoms with Crippen molar-refractivity contribution in [1.82, 2.24) is 10.2 Å². The van der Waals surface area contributed by atoms with E-state index in [0.29, 0.717) is 17.3 Å². The highest BCUT2D eigenvalue weighted by Gasteiger charge is 2.34. The molecule has 0 aliphatic rings. The van der Waals surface area contributed by atoms with E-state index in [1.165, 1.54) is 17.0 Å². The van der Waals surface area contributed by atoms with Crippen LogP contribution in [-0.2, 0) is 32.6 Å². The largest absolute Gasteiger partial charge is 0.497 e. The summed E-state index contributed by atoms with van der Waals surface area (Å²) in [6.45, 7) is 3.86. The highest BCUT2D eigenvalue weighted by molar-refractivity contribution is 7.92. The summed E-state index contributed by atoms with van der Waals surface area (Å²) in [6.07, 6.45) is 1.91. The molecular weight excluding hydrogens is 622 g/mol. The van der Waals surface area contributed by atoms with Crippen LogP contribution in [0.1, 0.15) is 36.5 Å². The highest BCUT2D eigenvalue weighted by atomic mass is 35.5. The van der Waals surface area contributed by atoms with Gasteiger partial charge in [-0.2, -0.15) is 0 Å². The molecule has 0 fully saturated rings. The van der Waals surface area contributed by atoms with Crippen LogP contribution >= 0.6 is 11.6 Å². The van der Waals surface area contributed by atoms with Gasteiger partial charge in [-0.25, -0.2) is 8.42 Å². The van der Waals surface area contributed by atoms with Crippen LogP contribution in [0, 0.1) is 6.92 Å². The Bertz CT molecular complexity index is 1700. The zero-order chi connectivity index (χ0) is 33.1. The molecule has 4 aromatic rings. The number of hydrogen-bond acceptors (Lipinski definition) is 5. The summed E-state index contributed by atoms with van der Waals surface area (Å²) >= 11 is 6.14. The fourth-order valence-corrected chi connectivity index (χ4v) is 6.54. The quantitative estimate of drug-likeness (QED) is 0.149. The molecule has 0 saturated carbocycles. The van der Waals surface area contributed by atoms with E-state index in [9.17, 15) is 18.0 Å². The molecule has 1 unspecified atom stereocenters. The number of hydrogen-bond donors (Lipinski definition) is 1. The Morgan fingerprint density at radius 1 is 0.891 bits per heavy atom. The van der Waals surface area contributed by atoms with Crippen molar-refractivity contribution in [3.63, 3.8) is 0 Å². The van der Waals surface area contributed by atoms with Crippen molar-refractivity contribution < 1.29 is 22.7 Å². The minimum absolute atomic E-state index is 0.0401. The van der Waals surface area contributed by atoms with Crippen molar-refractivity contribution in [1.29, 1.82) is 0 Å². The summed E-state index contributed by atoms with van der Waals surface area (Å²) in [5.41, 5.74) is 2.76. The van der Waals surface area contributed by atoms with E-state index >= 15 is 0 Å². The van der Waals surface area contributed by atoms with Crippen molar-refractivity contribution in [2.45, 2.75) is 50.6 Å². The molecule has 0 aliphatic carbocycles. The lowest BCUT2D eigenvalue weighted by atomic mass is 10.0. The monoisotopic (exact) mass is 661 g/mol. The summed E-state index contributed by atoms with van der Waals surface area (Å²) in [5, 5.41) is 3.42. The van der Waals surface area contributed by atoms with Gasteiger partial charge in [0, 0.05) is 24.5 Å². The van der Waals surface area contributed by atoms with Gasteiger partial charge in [0.15, 0.2) is 0 Å². The molecule has 0 heterocycles. The van der Waals surface area contributed by atoms with Gasteiger partial charge in [0.1, 0.15) is 18.3 Å². The van der Waals surface area contributed by atoms with Crippen molar-refractivity contribution in [2.75, 3.05) is 24.5 Å². The van der Waals surface area contributed by atoms with Gasteiger partial charge in [0.2, 0.25) is 11.8 Å². The molecule has 4 aromatic carbocycles. The first-order chi connectivity index (χ1) is 22.1. The van der Waals surface area contributed by atoms with Crippen LogP contribution in [0.2, 0.25) is 5.02 Å². The second kappa shape index (κ2) is 16.3. The number of halogens is 1. The molecule has 1 atom stereocenters. The lowest BCUT2D eigenvalue weighted by Crippen LogP contribution is -2.53. The standard InChI is InChI=1S/C36H40ClN3O5S/c1-4-5-22-38-36(42)34(24-28-10-7-6-8-11-28)39(25-29-12-9-13-32(23-29)45-3)35(41)26-40(31-18-16-30(37)17-19-31)46(43,44)33-20-14-27(2)15-21-33/h6-21,23,34H,4-5,22,24-26H2,1-3H3,(H,38,42). The van der Waals surface area contributed by atoms with Gasteiger partial charge in [-0.15, -0.1) is 0 Å². The molecule has 10 heteroatoms. The molecule has 0 spiro atoms. The first-order valence-corrected chi connectivity index (χ1v) is 17.0. The second-order valence-electron chi connectivity index (χ2n) is 11.0. The van der Waals surface area contributed by atoms with E-state index in [4.69, 9.17) is 16.3 Å². The van der Waals surface area contributed by atoms with Gasteiger partial charge < -0.3 is 15.0 Å². The third-order valence-corrected chi connectivity index (χ3v) is 9.63. The van der Waals surface area contributed by atoms with E-state index < -0.39 is 28.5 Å². The number of amides is 2. The number of rotatable bonds is 15. The zero-order valence-corrected chi connectivity index (χ0v) is 27.9. The molecule has 0 aromatic heterocycles. The van der Waals surface area contributed by atoms with Gasteiger partial charge in [-0.05, 0) is 73.0 Å². The molecule has 242 valence electrons. The predicted octanol–water partition coefficient (Wildman–Crippen LogP) is 6.41. The minimum atomic E-state index is -4.20. The molecule has 8 nitrogen and oxygen atoms in total. The second-order valence-corrected chi connectivity index (χ2v) is 13.3. The molecule has 0 radical (unpaired) electrons. The van der Waals surface area contributed by atoms with Crippen LogP contribution in [0.15, 0.2) is 108 Å². The zero-order valence-electron chi connectivity index (χ0n) is 26.4. The van der Waals surface area contributed by atoms with Crippen LogP contribution in [0.25, 0.3) is 0 Å². The van der Waals surface area contributed by atoms with Gasteiger partial charge in [-0.1, -0.05) is 85.1 Å². The smallest absolute Gasteiger partial charge is 0.264 e. The normalized spacial score (nSPS) is 11.8. The third kappa shape index (κ3) is 9.11. The van der Waals surface area contributed by atoms with Crippen molar-refractivity contribution in [3.8, 4) is 5.75 Å². The lowest BCUT2D eigenvalue weighted by molar-refractivity contribution is -0.140. The summed E-state index contributed by atoms with van der Waals surface area (Å²) in [7, 11) is -2.64. The average Bonchev–Trinajstić information content (AvgIpc) is 3.06. The molecule has 0 saturated heterocycles. The number of ether oxygens (including phenoxy) is 1. The minimum Gasteiger partial charge on any atom is -0.497 e. The molecule has 1 N–H and O–H groups in total. The first kappa shape index (κ1) is 34.5. The number of unbranched alkanes of at least 4 members (excludes halogenated alkanes) is 1. The van der Waals surface area contributed by atoms with Crippen LogP contribution < -0.4 is 14.4 Å². The van der Waals surface area contributed by atoms with E-state index in [0.717, 1.165) is 33.8 Å². The first-order valence-electron chi connectivity index (χ1n) is 15.2. The summed E-state index contributed by atoms with van der Waals surface area (Å²) in [4.78, 5) is 29.9. The Labute approximate surface area is 277 Å². The van der Waals surface area contributed by atoms with Gasteiger partial charge in [0.05, 0.1) is 17.7 Å². The SMILES string of the molecule is CCCCNC(=O)C(Cc1ccccc1)N(Cc1cccc(OC)c1)C(=O)CN(c1ccc(Cl)cc1)S(=O)(=O)c1ccc(C)cc1. The lowest BCUT2D eigenvalue weighted by Gasteiger charge is -2.34. The van der Waals surface area contributed by atoms with Crippen molar-refractivity contribution in [3.05, 3.63) is 125 Å². The number of benzene rings is 4. The topological polar surface area (TPSA) is 96.0 Å². The number of nitrogens with zero attached hydrogens (tertiary/aromatic N) is 2. The molecule has 0 aliphatic heterocycles. The Hall–Kier alpha value is -4.34. The third-order valence-electron chi connectivity index (χ3n) is 7.59. The van der Waals surface area contributed by atoms with Crippen LogP contribution in [0.5, 0.6) is 5.75 Å². The fraction of sp³-hybridized carbons (Fsp3) is 0.278. The van der Waals surface area contributed by atoms with Gasteiger partial charge >= 0.3 is 0 Å². The average molecular weight is 662 g/mol. The van der Waals surface area contributed by atoms with Gasteiger partial charge in [-0.3, -0.25) is 13.9 Å². The number of carbonyl (C=O) groups excluding carboxylic acids is 2. The van der Waals surface area contributed by atoms with E-state index in [1.54, 1.807) is 55.6 Å². The number of anilines is 1. The molecule has 4 rings (SSSR count). The fourth-order valence-electron chi connectivity index (χ4n) is 5.00. The van der Waals surface area contributed by atoms with E-state index in [-0.39, 0.29) is 29.5 Å². The molecule has 46 heavy (non-hydrogen) atoms. The summed E-state index contributed by atoms with van der Waals surface area (Å²) in [6, 6.07) is 28.5. The Morgan fingerprint density at radius 3 is 2.22 bits per heavy atom. The number of methoxy groups -OCH3 is 1. The predicted molar refractivity (Wildman–Crippen MR) is 183 cm³/mol. The number of carbonyl (C=O) groups is 2. The molecular formula is C36H40ClN3O5S. The van der Waals surface area contributed by atoms with E-state index in [2.05, 4.69) is 5.32 Å². The summed E-state index contributed by atoms with van der Waals surface area (Å²) < 4.78 is 34.7. The Balaban J connectivity index is 1.79. The van der Waals surface area contributed by atoms with Crippen LogP contribution in [0.3, 0.4) is 0 Å². The number of nitrogens with one attached hydrogen (secondary N) is 1. The maximum Gasteiger partial charge on any atom is 0.264 e. The maximum atomic E-state index is 14.5. The van der Waals surface area contributed by atoms with E-state index in [1.807, 2.05) is 56.3 Å². The molecule has 2 amide bonds. The van der Waals surface area contributed by atoms with Gasteiger partial charge in [0.25, 0.3) is 10.0 Å². The Kier molecular flexibility index (Phi) is 12.2. The highest BCUT2D eigenvalue weighted by Crippen LogP contribution is 2.27. The number of aryl methyl sites for hydroxylation is 1. The van der Waals surface area contributed by atoms with Crippen LogP contribution in [-0.4, -0.2) is 51.4 Å². The molecule has 0 bridgehead atoms. The van der Waals surface area contributed by atoms with Crippen LogP contribution in [0.4, 0.5) is 5.69 Å². The Morgan fingerprint density at radius 2 is 1.57 bits per heavy atom. The van der Waals surface area contributed by atoms with Crippen molar-refractivity contribution in [2.24, 2.45) is 0 Å². The number of sulfonamides is 1.